The van der Waals surface area contributed by atoms with Crippen LogP contribution in [0.5, 0.6) is 0 Å². The number of nitrogens with one attached hydrogen (secondary N) is 3. The normalized spacial score (nSPS) is 22.3. The van der Waals surface area contributed by atoms with Gasteiger partial charge in [0.25, 0.3) is 0 Å². The number of aromatic nitrogens is 2. The van der Waals surface area contributed by atoms with Crippen LogP contribution in [0, 0.1) is 5.41 Å². The van der Waals surface area contributed by atoms with Gasteiger partial charge in [-0.1, -0.05) is 36.8 Å². The molecule has 1 aromatic carbocycles. The molecule has 5 rings (SSSR count). The average Bonchev–Trinajstić information content (AvgIpc) is 3.29. The smallest absolute Gasteiger partial charge is 0.318 e. The molecule has 2 aliphatic carbocycles. The van der Waals surface area contributed by atoms with Crippen molar-refractivity contribution in [3.63, 3.8) is 0 Å². The summed E-state index contributed by atoms with van der Waals surface area (Å²) in [4.78, 5) is 29.1. The van der Waals surface area contributed by atoms with Gasteiger partial charge in [0.2, 0.25) is 5.91 Å². The minimum Gasteiger partial charge on any atom is -0.396 e. The number of fused-ring (bicyclic) bond motifs is 1. The van der Waals surface area contributed by atoms with Crippen molar-refractivity contribution in [2.45, 2.75) is 75.2 Å². The molecule has 4 N–H and O–H groups in total. The van der Waals surface area contributed by atoms with Gasteiger partial charge in [-0.15, -0.1) is 0 Å². The Balaban J connectivity index is 1.37. The van der Waals surface area contributed by atoms with E-state index < -0.39 is 15.6 Å². The number of anilines is 1. The van der Waals surface area contributed by atoms with Crippen LogP contribution in [0.1, 0.15) is 75.2 Å². The summed E-state index contributed by atoms with van der Waals surface area (Å²) in [7, 11) is -1.09. The van der Waals surface area contributed by atoms with Crippen molar-refractivity contribution >= 4 is 27.8 Å². The quantitative estimate of drug-likeness (QED) is 0.421. The lowest BCUT2D eigenvalue weighted by Crippen LogP contribution is -2.53. The van der Waals surface area contributed by atoms with Crippen molar-refractivity contribution in [3.8, 4) is 0 Å². The number of carbonyl (C=O) groups excluding carboxylic acids is 2. The highest BCUT2D eigenvalue weighted by atomic mass is 32.3. The third-order valence-electron chi connectivity index (χ3n) is 9.37. The molecule has 2 fully saturated rings. The van der Waals surface area contributed by atoms with Gasteiger partial charge in [-0.25, -0.2) is 14.8 Å². The molecule has 37 heavy (non-hydrogen) atoms. The van der Waals surface area contributed by atoms with Crippen molar-refractivity contribution in [2.24, 2.45) is 5.41 Å². The first-order chi connectivity index (χ1) is 17.5. The highest BCUT2D eigenvalue weighted by molar-refractivity contribution is 8.33. The molecule has 1 atom stereocenters. The van der Waals surface area contributed by atoms with Crippen LogP contribution in [0.4, 0.5) is 10.6 Å². The second kappa shape index (κ2) is 9.05. The molecule has 1 aliphatic heterocycles. The lowest BCUT2D eigenvalue weighted by atomic mass is 9.63. The molecular weight excluding hydrogens is 486 g/mol. The van der Waals surface area contributed by atoms with Crippen molar-refractivity contribution in [2.75, 3.05) is 30.7 Å². The Morgan fingerprint density at radius 1 is 1.11 bits per heavy atom. The van der Waals surface area contributed by atoms with Crippen LogP contribution >= 0.6 is 10.0 Å². The van der Waals surface area contributed by atoms with E-state index in [1.54, 1.807) is 4.90 Å². The molecule has 1 aromatic heterocycles. The van der Waals surface area contributed by atoms with Crippen LogP contribution in [0.25, 0.3) is 0 Å². The number of nitrogens with zero attached hydrogens (tertiary/aromatic N) is 2. The van der Waals surface area contributed by atoms with Crippen LogP contribution in [0.3, 0.4) is 0 Å². The van der Waals surface area contributed by atoms with E-state index >= 15 is 0 Å². The van der Waals surface area contributed by atoms with Crippen LogP contribution in [0.2, 0.25) is 0 Å². The standard InChI is InChI=1S/C28H41N5O3S/c1-26(2)22-20(23(32-31-22)30-24(35)28(15-10-16-28)37(3,4)5)17-33(26)25(36)29-21(19-11-7-6-8-12-19)27(18-34)13-9-14-27/h6-8,11-12,21,34H,9-10,13-18H2,1-5H3,(H,29,36)(H2,30,31,32,35). The van der Waals surface area contributed by atoms with Crippen molar-refractivity contribution in [1.29, 1.82) is 0 Å². The summed E-state index contributed by atoms with van der Waals surface area (Å²) in [6.07, 6.45) is 12.3. The zero-order chi connectivity index (χ0) is 26.6. The zero-order valence-electron chi connectivity index (χ0n) is 22.7. The molecule has 2 heterocycles. The fourth-order valence-corrected chi connectivity index (χ4v) is 8.51. The Morgan fingerprint density at radius 3 is 2.27 bits per heavy atom. The SMILES string of the molecule is CC1(C)c2[nH]nc(NC(=O)C3(S(C)(C)C)CCC3)c2CN1C(=O)NC(c1ccccc1)C1(CO)CCC1. The third-order valence-corrected chi connectivity index (χ3v) is 12.3. The van der Waals surface area contributed by atoms with E-state index in [0.717, 1.165) is 55.3 Å². The summed E-state index contributed by atoms with van der Waals surface area (Å²) in [5, 5.41) is 24.3. The fourth-order valence-electron chi connectivity index (χ4n) is 6.39. The number of benzene rings is 1. The maximum atomic E-state index is 13.8. The van der Waals surface area contributed by atoms with Gasteiger partial charge in [-0.05, 0) is 70.3 Å². The summed E-state index contributed by atoms with van der Waals surface area (Å²) in [6.45, 7) is 4.38. The summed E-state index contributed by atoms with van der Waals surface area (Å²) in [5.74, 6) is 0.582. The second-order valence-electron chi connectivity index (χ2n) is 12.4. The number of amides is 3. The number of rotatable bonds is 7. The van der Waals surface area contributed by atoms with Crippen molar-refractivity contribution in [3.05, 3.63) is 47.2 Å². The first kappa shape index (κ1) is 26.1. The van der Waals surface area contributed by atoms with Gasteiger partial charge in [0.15, 0.2) is 5.82 Å². The lowest BCUT2D eigenvalue weighted by molar-refractivity contribution is -0.120. The molecule has 0 saturated heterocycles. The summed E-state index contributed by atoms with van der Waals surface area (Å²) in [5.41, 5.74) is 1.74. The molecule has 9 heteroatoms. The Kier molecular flexibility index (Phi) is 6.38. The van der Waals surface area contributed by atoms with Crippen LogP contribution < -0.4 is 10.6 Å². The number of aliphatic hydroxyl groups is 1. The van der Waals surface area contributed by atoms with Gasteiger partial charge in [-0.2, -0.15) is 5.10 Å². The monoisotopic (exact) mass is 527 g/mol. The fraction of sp³-hybridized carbons (Fsp3) is 0.607. The van der Waals surface area contributed by atoms with Crippen LogP contribution in [-0.4, -0.2) is 62.3 Å². The zero-order valence-corrected chi connectivity index (χ0v) is 23.5. The molecular formula is C28H41N5O3S. The molecule has 3 aliphatic rings. The largest absolute Gasteiger partial charge is 0.396 e. The van der Waals surface area contributed by atoms with Gasteiger partial charge in [-0.3, -0.25) is 9.89 Å². The highest BCUT2D eigenvalue weighted by Gasteiger charge is 2.52. The molecule has 1 unspecified atom stereocenters. The lowest BCUT2D eigenvalue weighted by Gasteiger charge is -2.53. The third kappa shape index (κ3) is 4.05. The average molecular weight is 528 g/mol. The first-order valence-electron chi connectivity index (χ1n) is 13.3. The maximum absolute atomic E-state index is 13.8. The van der Waals surface area contributed by atoms with E-state index in [-0.39, 0.29) is 34.7 Å². The molecule has 0 spiro atoms. The van der Waals surface area contributed by atoms with E-state index in [9.17, 15) is 14.7 Å². The molecule has 3 amide bonds. The topological polar surface area (TPSA) is 110 Å². The number of aliphatic hydroxyl groups excluding tert-OH is 1. The van der Waals surface area contributed by atoms with Crippen LogP contribution in [-0.2, 0) is 16.9 Å². The number of urea groups is 1. The molecule has 2 saturated carbocycles. The van der Waals surface area contributed by atoms with Gasteiger partial charge < -0.3 is 20.6 Å². The van der Waals surface area contributed by atoms with Gasteiger partial charge in [0.1, 0.15) is 0 Å². The minimum atomic E-state index is -1.09. The molecule has 0 radical (unpaired) electrons. The van der Waals surface area contributed by atoms with E-state index in [1.165, 1.54) is 0 Å². The highest BCUT2D eigenvalue weighted by Crippen LogP contribution is 2.61. The number of carbonyl (C=O) groups is 2. The number of hydrogen-bond donors (Lipinski definition) is 4. The number of H-pyrrole nitrogens is 1. The molecule has 8 nitrogen and oxygen atoms in total. The van der Waals surface area contributed by atoms with Gasteiger partial charge in [0, 0.05) is 11.0 Å². The van der Waals surface area contributed by atoms with Gasteiger partial charge >= 0.3 is 6.03 Å². The molecule has 202 valence electrons. The van der Waals surface area contributed by atoms with E-state index in [0.29, 0.717) is 12.4 Å². The number of hydrogen-bond acceptors (Lipinski definition) is 4. The summed E-state index contributed by atoms with van der Waals surface area (Å²) < 4.78 is -0.311. The predicted octanol–water partition coefficient (Wildman–Crippen LogP) is 4.63. The van der Waals surface area contributed by atoms with Crippen molar-refractivity contribution in [1.82, 2.24) is 20.4 Å². The van der Waals surface area contributed by atoms with Crippen molar-refractivity contribution < 1.29 is 14.7 Å². The summed E-state index contributed by atoms with van der Waals surface area (Å²) in [6, 6.07) is 9.47. The Hall–Kier alpha value is -2.52. The molecule has 2 aromatic rings. The second-order valence-corrected chi connectivity index (χ2v) is 16.8. The first-order valence-corrected chi connectivity index (χ1v) is 16.1. The molecule has 0 bridgehead atoms. The predicted molar refractivity (Wildman–Crippen MR) is 149 cm³/mol. The van der Waals surface area contributed by atoms with E-state index in [4.69, 9.17) is 0 Å². The Bertz CT molecular complexity index is 1170. The summed E-state index contributed by atoms with van der Waals surface area (Å²) >= 11 is 0. The van der Waals surface area contributed by atoms with E-state index in [2.05, 4.69) is 39.6 Å². The van der Waals surface area contributed by atoms with Crippen LogP contribution in [0.15, 0.2) is 30.3 Å². The maximum Gasteiger partial charge on any atom is 0.318 e. The minimum absolute atomic E-state index is 0.0346. The number of aromatic amines is 1. The Labute approximate surface area is 221 Å². The Morgan fingerprint density at radius 2 is 1.76 bits per heavy atom. The van der Waals surface area contributed by atoms with E-state index in [1.807, 2.05) is 44.2 Å². The van der Waals surface area contributed by atoms with Gasteiger partial charge in [0.05, 0.1) is 35.2 Å².